The van der Waals surface area contributed by atoms with Crippen molar-refractivity contribution in [3.8, 4) is 0 Å². The fraction of sp³-hybridized carbons (Fsp3) is 0.529. The van der Waals surface area contributed by atoms with E-state index in [4.69, 9.17) is 4.74 Å². The molecular formula is C17H24N2O4S. The van der Waals surface area contributed by atoms with Gasteiger partial charge in [-0.1, -0.05) is 12.1 Å². The Kier molecular flexibility index (Phi) is 7.39. The number of unbranched alkanes of at least 4 members (excludes halogenated alkanes) is 1. The van der Waals surface area contributed by atoms with Crippen LogP contribution in [0.1, 0.15) is 26.2 Å². The van der Waals surface area contributed by atoms with Crippen LogP contribution >= 0.6 is 11.8 Å². The number of fused-ring (bicyclic) bond motifs is 1. The Balaban J connectivity index is 1.91. The molecule has 0 saturated carbocycles. The van der Waals surface area contributed by atoms with Crippen molar-refractivity contribution in [2.24, 2.45) is 0 Å². The lowest BCUT2D eigenvalue weighted by Gasteiger charge is -2.36. The predicted octanol–water partition coefficient (Wildman–Crippen LogP) is 2.55. The molecule has 1 N–H and O–H groups in total. The first-order valence-corrected chi connectivity index (χ1v) is 9.09. The van der Waals surface area contributed by atoms with Gasteiger partial charge in [0.05, 0.1) is 18.8 Å². The largest absolute Gasteiger partial charge is 0.466 e. The molecule has 132 valence electrons. The number of rotatable bonds is 9. The Morgan fingerprint density at radius 1 is 1.46 bits per heavy atom. The highest BCUT2D eigenvalue weighted by atomic mass is 32.2. The third kappa shape index (κ3) is 5.42. The summed E-state index contributed by atoms with van der Waals surface area (Å²) in [5.41, 5.74) is 1.17. The van der Waals surface area contributed by atoms with E-state index < -0.39 is 0 Å². The molecule has 0 fully saturated rings. The summed E-state index contributed by atoms with van der Waals surface area (Å²) in [6.07, 6.45) is 2.55. The van der Waals surface area contributed by atoms with E-state index >= 15 is 0 Å². The Bertz CT molecular complexity index is 555. The zero-order valence-electron chi connectivity index (χ0n) is 13.9. The molecule has 1 aromatic carbocycles. The zero-order chi connectivity index (χ0) is 17.4. The minimum Gasteiger partial charge on any atom is -0.466 e. The number of para-hydroxylation sites is 1. The van der Waals surface area contributed by atoms with E-state index in [1.807, 2.05) is 19.1 Å². The topological polar surface area (TPSA) is 70.1 Å². The van der Waals surface area contributed by atoms with E-state index in [1.165, 1.54) is 5.69 Å². The number of amides is 1. The van der Waals surface area contributed by atoms with E-state index in [-0.39, 0.29) is 11.2 Å². The van der Waals surface area contributed by atoms with E-state index in [9.17, 15) is 14.8 Å². The molecular weight excluding hydrogens is 328 g/mol. The van der Waals surface area contributed by atoms with Crippen LogP contribution in [0, 0.1) is 0 Å². The Morgan fingerprint density at radius 2 is 2.25 bits per heavy atom. The van der Waals surface area contributed by atoms with Gasteiger partial charge >= 0.3 is 5.97 Å². The van der Waals surface area contributed by atoms with Crippen molar-refractivity contribution in [3.63, 3.8) is 0 Å². The number of carbonyl (C=O) groups excluding carboxylic acids is 2. The van der Waals surface area contributed by atoms with Gasteiger partial charge in [-0.15, -0.1) is 11.8 Å². The van der Waals surface area contributed by atoms with Gasteiger partial charge in [-0.05, 0) is 31.9 Å². The summed E-state index contributed by atoms with van der Waals surface area (Å²) in [7, 11) is 0. The number of carbonyl (C=O) groups is 2. The molecule has 1 atom stereocenters. The van der Waals surface area contributed by atoms with E-state index in [0.29, 0.717) is 31.0 Å². The van der Waals surface area contributed by atoms with E-state index in [0.717, 1.165) is 30.8 Å². The first-order chi connectivity index (χ1) is 11.6. The van der Waals surface area contributed by atoms with Crippen LogP contribution in [0.3, 0.4) is 0 Å². The van der Waals surface area contributed by atoms with Gasteiger partial charge in [-0.3, -0.25) is 14.8 Å². The van der Waals surface area contributed by atoms with Gasteiger partial charge < -0.3 is 9.64 Å². The van der Waals surface area contributed by atoms with E-state index in [2.05, 4.69) is 17.0 Å². The maximum absolute atomic E-state index is 11.4. The summed E-state index contributed by atoms with van der Waals surface area (Å²) in [6.45, 7) is 4.11. The van der Waals surface area contributed by atoms with Gasteiger partial charge in [0, 0.05) is 29.7 Å². The minimum absolute atomic E-state index is 0.111. The smallest absolute Gasteiger partial charge is 0.305 e. The van der Waals surface area contributed by atoms with Crippen molar-refractivity contribution in [3.05, 3.63) is 24.3 Å². The molecule has 1 heterocycles. The molecule has 0 bridgehead atoms. The van der Waals surface area contributed by atoms with Crippen LogP contribution in [-0.4, -0.2) is 54.1 Å². The van der Waals surface area contributed by atoms with Crippen LogP contribution in [0.5, 0.6) is 0 Å². The van der Waals surface area contributed by atoms with Crippen molar-refractivity contribution in [2.45, 2.75) is 36.3 Å². The van der Waals surface area contributed by atoms with Crippen LogP contribution in [0.25, 0.3) is 0 Å². The lowest BCUT2D eigenvalue weighted by atomic mass is 10.2. The second-order valence-electron chi connectivity index (χ2n) is 5.64. The maximum Gasteiger partial charge on any atom is 0.305 e. The number of nitrogens with zero attached hydrogens (tertiary/aromatic N) is 2. The minimum atomic E-state index is -0.146. The summed E-state index contributed by atoms with van der Waals surface area (Å²) in [6, 6.07) is 8.14. The zero-order valence-corrected chi connectivity index (χ0v) is 14.7. The monoisotopic (exact) mass is 352 g/mol. The van der Waals surface area contributed by atoms with Crippen molar-refractivity contribution < 1.29 is 19.5 Å². The lowest BCUT2D eigenvalue weighted by Crippen LogP contribution is -2.40. The Hall–Kier alpha value is -1.73. The number of hydrogen-bond donors (Lipinski definition) is 1. The molecule has 1 aliphatic rings. The molecule has 0 radical (unpaired) electrons. The first kappa shape index (κ1) is 18.6. The second kappa shape index (κ2) is 9.54. The maximum atomic E-state index is 11.4. The van der Waals surface area contributed by atoms with Crippen LogP contribution in [-0.2, 0) is 14.3 Å². The second-order valence-corrected chi connectivity index (χ2v) is 6.99. The molecule has 24 heavy (non-hydrogen) atoms. The SMILES string of the molecule is CCOC(=O)CCCCN1CC(CN(O)C=O)Sc2ccccc21. The predicted molar refractivity (Wildman–Crippen MR) is 93.3 cm³/mol. The van der Waals surface area contributed by atoms with Gasteiger partial charge in [-0.2, -0.15) is 0 Å². The van der Waals surface area contributed by atoms with E-state index in [1.54, 1.807) is 11.8 Å². The average molecular weight is 352 g/mol. The standard InChI is InChI=1S/C17H24N2O4S/c1-2-23-17(21)9-5-6-10-18-11-14(12-19(22)13-20)24-16-8-4-3-7-15(16)18/h3-4,7-8,13-14,22H,2,5-6,9-12H2,1H3. The molecule has 0 aromatic heterocycles. The van der Waals surface area contributed by atoms with Gasteiger partial charge in [-0.25, -0.2) is 5.06 Å². The normalized spacial score (nSPS) is 16.4. The number of hydrogen-bond acceptors (Lipinski definition) is 6. The Morgan fingerprint density at radius 3 is 3.00 bits per heavy atom. The highest BCUT2D eigenvalue weighted by Crippen LogP contribution is 2.38. The molecule has 0 spiro atoms. The summed E-state index contributed by atoms with van der Waals surface area (Å²) < 4.78 is 4.94. The van der Waals surface area contributed by atoms with Crippen molar-refractivity contribution in [1.29, 1.82) is 0 Å². The number of hydroxylamine groups is 2. The molecule has 1 amide bonds. The summed E-state index contributed by atoms with van der Waals surface area (Å²) in [5.74, 6) is -0.146. The molecule has 1 unspecified atom stereocenters. The fourth-order valence-corrected chi connectivity index (χ4v) is 4.06. The highest BCUT2D eigenvalue weighted by Gasteiger charge is 2.25. The summed E-state index contributed by atoms with van der Waals surface area (Å²) in [4.78, 5) is 25.5. The number of benzene rings is 1. The summed E-state index contributed by atoms with van der Waals surface area (Å²) in [5, 5.41) is 10.3. The number of anilines is 1. The first-order valence-electron chi connectivity index (χ1n) is 8.21. The lowest BCUT2D eigenvalue weighted by molar-refractivity contribution is -0.149. The Labute approximate surface area is 146 Å². The highest BCUT2D eigenvalue weighted by molar-refractivity contribution is 8.00. The number of thioether (sulfide) groups is 1. The van der Waals surface area contributed by atoms with Crippen LogP contribution in [0.2, 0.25) is 0 Å². The molecule has 0 saturated heterocycles. The van der Waals surface area contributed by atoms with Crippen LogP contribution in [0.4, 0.5) is 5.69 Å². The van der Waals surface area contributed by atoms with Crippen molar-refractivity contribution in [1.82, 2.24) is 5.06 Å². The van der Waals surface area contributed by atoms with Crippen molar-refractivity contribution in [2.75, 3.05) is 31.1 Å². The molecule has 2 rings (SSSR count). The molecule has 7 heteroatoms. The summed E-state index contributed by atoms with van der Waals surface area (Å²) >= 11 is 1.68. The quantitative estimate of drug-likeness (QED) is 0.242. The molecule has 0 aliphatic carbocycles. The molecule has 6 nitrogen and oxygen atoms in total. The third-order valence-corrected chi connectivity index (χ3v) is 5.03. The van der Waals surface area contributed by atoms with Gasteiger partial charge in [0.1, 0.15) is 0 Å². The fourth-order valence-electron chi connectivity index (χ4n) is 2.74. The molecule has 1 aromatic rings. The van der Waals surface area contributed by atoms with Gasteiger partial charge in [0.2, 0.25) is 6.41 Å². The third-order valence-electron chi connectivity index (χ3n) is 3.80. The van der Waals surface area contributed by atoms with Crippen LogP contribution < -0.4 is 4.90 Å². The number of ether oxygens (including phenoxy) is 1. The van der Waals surface area contributed by atoms with Crippen LogP contribution in [0.15, 0.2) is 29.2 Å². The molecule has 1 aliphatic heterocycles. The van der Waals surface area contributed by atoms with Gasteiger partial charge in [0.15, 0.2) is 0 Å². The van der Waals surface area contributed by atoms with Crippen molar-refractivity contribution >= 4 is 29.8 Å². The number of esters is 1. The average Bonchev–Trinajstić information content (AvgIpc) is 2.58. The van der Waals surface area contributed by atoms with Gasteiger partial charge in [0.25, 0.3) is 0 Å².